The van der Waals surface area contributed by atoms with Crippen molar-refractivity contribution in [2.45, 2.75) is 6.92 Å². The van der Waals surface area contributed by atoms with Crippen molar-refractivity contribution >= 4 is 5.97 Å². The van der Waals surface area contributed by atoms with Gasteiger partial charge in [0.2, 0.25) is 0 Å². The molecule has 19 heavy (non-hydrogen) atoms. The summed E-state index contributed by atoms with van der Waals surface area (Å²) in [7, 11) is 0. The molecule has 2 aliphatic carbocycles. The minimum absolute atomic E-state index is 0.0378. The zero-order valence-electron chi connectivity index (χ0n) is 11.0. The fourth-order valence-electron chi connectivity index (χ4n) is 2.37. The van der Waals surface area contributed by atoms with Crippen LogP contribution in [0.15, 0.2) is 59.8 Å². The summed E-state index contributed by atoms with van der Waals surface area (Å²) < 4.78 is 5.01. The molecular formula is C16H18O3. The zero-order chi connectivity index (χ0) is 13.7. The lowest BCUT2D eigenvalue weighted by Gasteiger charge is -2.19. The maximum atomic E-state index is 12.0. The van der Waals surface area contributed by atoms with Gasteiger partial charge in [0.15, 0.2) is 0 Å². The van der Waals surface area contributed by atoms with Gasteiger partial charge in [-0.05, 0) is 12.5 Å². The minimum Gasteiger partial charge on any atom is -0.460 e. The van der Waals surface area contributed by atoms with Crippen LogP contribution in [0.4, 0.5) is 0 Å². The largest absolute Gasteiger partial charge is 0.460 e. The third kappa shape index (κ3) is 3.12. The fourth-order valence-corrected chi connectivity index (χ4v) is 2.37. The fraction of sp³-hybridized carbons (Fsp3) is 0.312. The number of hydrogen-bond acceptors (Lipinski definition) is 3. The Kier molecular flexibility index (Phi) is 4.53. The maximum absolute atomic E-state index is 12.0. The molecule has 0 spiro atoms. The van der Waals surface area contributed by atoms with Crippen molar-refractivity contribution in [1.29, 1.82) is 0 Å². The van der Waals surface area contributed by atoms with Crippen molar-refractivity contribution in [2.75, 3.05) is 13.2 Å². The molecule has 0 saturated heterocycles. The number of allylic oxidation sites excluding steroid dienone is 9. The molecule has 2 rings (SSSR count). The topological polar surface area (TPSA) is 46.5 Å². The van der Waals surface area contributed by atoms with Gasteiger partial charge in [0, 0.05) is 17.4 Å². The Morgan fingerprint density at radius 1 is 1.05 bits per heavy atom. The Hall–Kier alpha value is -1.87. The first kappa shape index (κ1) is 13.6. The van der Waals surface area contributed by atoms with Crippen LogP contribution in [0, 0.1) is 11.8 Å². The van der Waals surface area contributed by atoms with E-state index in [1.54, 1.807) is 6.92 Å². The molecule has 0 bridgehead atoms. The van der Waals surface area contributed by atoms with Gasteiger partial charge in [0.05, 0.1) is 6.61 Å². The highest BCUT2D eigenvalue weighted by Gasteiger charge is 2.24. The van der Waals surface area contributed by atoms with Gasteiger partial charge in [0.25, 0.3) is 0 Å². The third-order valence-electron chi connectivity index (χ3n) is 3.28. The first-order chi connectivity index (χ1) is 9.24. The molecule has 0 aromatic carbocycles. The Labute approximate surface area is 113 Å². The van der Waals surface area contributed by atoms with E-state index in [0.29, 0.717) is 5.57 Å². The second-order valence-electron chi connectivity index (χ2n) is 4.53. The average molecular weight is 258 g/mol. The van der Waals surface area contributed by atoms with Crippen molar-refractivity contribution in [3.8, 4) is 0 Å². The summed E-state index contributed by atoms with van der Waals surface area (Å²) >= 11 is 0. The molecule has 100 valence electrons. The van der Waals surface area contributed by atoms with Crippen LogP contribution in [0.5, 0.6) is 0 Å². The molecule has 0 fully saturated rings. The van der Waals surface area contributed by atoms with Crippen LogP contribution in [-0.2, 0) is 9.53 Å². The number of aliphatic hydroxyl groups is 1. The second kappa shape index (κ2) is 6.34. The molecule has 0 radical (unpaired) electrons. The molecule has 1 N–H and O–H groups in total. The van der Waals surface area contributed by atoms with Crippen LogP contribution in [0.2, 0.25) is 0 Å². The lowest BCUT2D eigenvalue weighted by atomic mass is 9.85. The van der Waals surface area contributed by atoms with E-state index < -0.39 is 0 Å². The third-order valence-corrected chi connectivity index (χ3v) is 3.28. The lowest BCUT2D eigenvalue weighted by molar-refractivity contribution is -0.140. The van der Waals surface area contributed by atoms with E-state index in [-0.39, 0.29) is 31.0 Å². The molecule has 0 amide bonds. The summed E-state index contributed by atoms with van der Waals surface area (Å²) in [6.45, 7) is 1.67. The van der Waals surface area contributed by atoms with E-state index in [0.717, 1.165) is 5.57 Å². The number of rotatable bonds is 5. The summed E-state index contributed by atoms with van der Waals surface area (Å²) in [5.41, 5.74) is 1.66. The molecule has 0 atom stereocenters. The summed E-state index contributed by atoms with van der Waals surface area (Å²) in [6.07, 6.45) is 16.2. The van der Waals surface area contributed by atoms with Gasteiger partial charge in [-0.2, -0.15) is 0 Å². The quantitative estimate of drug-likeness (QED) is 0.608. The number of esters is 1. The summed E-state index contributed by atoms with van der Waals surface area (Å²) in [6, 6.07) is 0. The molecule has 0 unspecified atom stereocenters. The van der Waals surface area contributed by atoms with Gasteiger partial charge in [-0.15, -0.1) is 0 Å². The molecule has 0 aromatic rings. The smallest absolute Gasteiger partial charge is 0.333 e. The number of hydrogen-bond donors (Lipinski definition) is 1. The van der Waals surface area contributed by atoms with Crippen molar-refractivity contribution in [1.82, 2.24) is 0 Å². The Morgan fingerprint density at radius 3 is 1.95 bits per heavy atom. The minimum atomic E-state index is -0.355. The van der Waals surface area contributed by atoms with Crippen LogP contribution >= 0.6 is 0 Å². The SMILES string of the molecule is CC(C(=O)OCCO)=C(C1C=CC=C1)C1C=CC=C1. The van der Waals surface area contributed by atoms with Crippen LogP contribution < -0.4 is 0 Å². The van der Waals surface area contributed by atoms with E-state index in [2.05, 4.69) is 24.3 Å². The lowest BCUT2D eigenvalue weighted by Crippen LogP contribution is -2.16. The average Bonchev–Trinajstić information content (AvgIpc) is 3.09. The highest BCUT2D eigenvalue weighted by atomic mass is 16.5. The van der Waals surface area contributed by atoms with Crippen molar-refractivity contribution < 1.29 is 14.6 Å². The normalized spacial score (nSPS) is 17.4. The van der Waals surface area contributed by atoms with Gasteiger partial charge >= 0.3 is 5.97 Å². The van der Waals surface area contributed by atoms with Gasteiger partial charge in [-0.25, -0.2) is 4.79 Å². The van der Waals surface area contributed by atoms with Crippen molar-refractivity contribution in [3.63, 3.8) is 0 Å². The summed E-state index contributed by atoms with van der Waals surface area (Å²) in [4.78, 5) is 12.0. The maximum Gasteiger partial charge on any atom is 0.333 e. The molecule has 2 aliphatic rings. The Bertz CT molecular complexity index is 438. The highest BCUT2D eigenvalue weighted by Crippen LogP contribution is 2.32. The number of carbonyl (C=O) groups is 1. The monoisotopic (exact) mass is 258 g/mol. The molecular weight excluding hydrogens is 240 g/mol. The van der Waals surface area contributed by atoms with Crippen LogP contribution in [0.3, 0.4) is 0 Å². The molecule has 0 aliphatic heterocycles. The van der Waals surface area contributed by atoms with Gasteiger partial charge in [-0.1, -0.05) is 48.6 Å². The standard InChI is InChI=1S/C16H18O3/c1-12(16(18)19-11-10-17)15(13-6-2-3-7-13)14-8-4-5-9-14/h2-9,13-14,17H,10-11H2,1H3. The van der Waals surface area contributed by atoms with E-state index in [9.17, 15) is 4.79 Å². The van der Waals surface area contributed by atoms with Gasteiger partial charge in [-0.3, -0.25) is 0 Å². The molecule has 0 heterocycles. The van der Waals surface area contributed by atoms with Gasteiger partial charge < -0.3 is 9.84 Å². The van der Waals surface area contributed by atoms with E-state index in [1.807, 2.05) is 24.3 Å². The van der Waals surface area contributed by atoms with Crippen LogP contribution in [-0.4, -0.2) is 24.3 Å². The predicted octanol–water partition coefficient (Wildman–Crippen LogP) is 2.32. The number of carbonyl (C=O) groups excluding carboxylic acids is 1. The molecule has 0 aromatic heterocycles. The van der Waals surface area contributed by atoms with Gasteiger partial charge in [0.1, 0.15) is 6.61 Å². The van der Waals surface area contributed by atoms with E-state index in [4.69, 9.17) is 9.84 Å². The molecule has 0 saturated carbocycles. The zero-order valence-corrected chi connectivity index (χ0v) is 11.0. The van der Waals surface area contributed by atoms with Crippen molar-refractivity contribution in [2.24, 2.45) is 11.8 Å². The summed E-state index contributed by atoms with van der Waals surface area (Å²) in [5, 5.41) is 8.72. The first-order valence-electron chi connectivity index (χ1n) is 6.42. The Morgan fingerprint density at radius 2 is 1.53 bits per heavy atom. The first-order valence-corrected chi connectivity index (χ1v) is 6.42. The van der Waals surface area contributed by atoms with E-state index in [1.165, 1.54) is 0 Å². The van der Waals surface area contributed by atoms with E-state index >= 15 is 0 Å². The highest BCUT2D eigenvalue weighted by molar-refractivity contribution is 5.89. The van der Waals surface area contributed by atoms with Crippen LogP contribution in [0.25, 0.3) is 0 Å². The summed E-state index contributed by atoms with van der Waals surface area (Å²) in [5.74, 6) is -0.0791. The number of aliphatic hydroxyl groups excluding tert-OH is 1. The number of ether oxygens (including phenoxy) is 1. The van der Waals surface area contributed by atoms with Crippen molar-refractivity contribution in [3.05, 3.63) is 59.8 Å². The second-order valence-corrected chi connectivity index (χ2v) is 4.53. The molecule has 3 nitrogen and oxygen atoms in total. The Balaban J connectivity index is 2.27. The molecule has 3 heteroatoms. The van der Waals surface area contributed by atoms with Crippen LogP contribution in [0.1, 0.15) is 6.92 Å². The predicted molar refractivity (Wildman–Crippen MR) is 74.3 cm³/mol.